The summed E-state index contributed by atoms with van der Waals surface area (Å²) in [7, 11) is 0. The summed E-state index contributed by atoms with van der Waals surface area (Å²) in [6.07, 6.45) is 10.7. The van der Waals surface area contributed by atoms with Gasteiger partial charge < -0.3 is 5.11 Å². The third-order valence-electron chi connectivity index (χ3n) is 7.32. The molecule has 1 saturated carbocycles. The minimum absolute atomic E-state index is 0.316. The molecular weight excluding hydrogens is 320 g/mol. The van der Waals surface area contributed by atoms with Crippen molar-refractivity contribution in [1.82, 2.24) is 9.88 Å². The molecule has 26 heavy (non-hydrogen) atoms. The first-order valence-electron chi connectivity index (χ1n) is 10.2. The van der Waals surface area contributed by atoms with Gasteiger partial charge in [-0.25, -0.2) is 0 Å². The molecule has 3 aliphatic rings. The van der Waals surface area contributed by atoms with E-state index in [1.807, 2.05) is 18.3 Å². The molecule has 2 aromatic rings. The van der Waals surface area contributed by atoms with Crippen molar-refractivity contribution >= 4 is 0 Å². The summed E-state index contributed by atoms with van der Waals surface area (Å²) in [5.41, 5.74) is 4.47. The summed E-state index contributed by atoms with van der Waals surface area (Å²) in [5, 5.41) is 10.1. The molecule has 3 atom stereocenters. The van der Waals surface area contributed by atoms with E-state index in [1.54, 1.807) is 0 Å². The van der Waals surface area contributed by atoms with Crippen LogP contribution in [0.1, 0.15) is 48.9 Å². The largest absolute Gasteiger partial charge is 0.508 e. The van der Waals surface area contributed by atoms with Crippen LogP contribution in [0.5, 0.6) is 5.75 Å². The van der Waals surface area contributed by atoms with E-state index < -0.39 is 0 Å². The SMILES string of the molecule is Oc1ccc2c(c1)[C@]13CCCC[C@H]1[C@H](C2)N(CCc1ccccn1)CC3. The molecule has 2 aliphatic carbocycles. The molecule has 1 saturated heterocycles. The van der Waals surface area contributed by atoms with Gasteiger partial charge in [0.2, 0.25) is 0 Å². The van der Waals surface area contributed by atoms with E-state index >= 15 is 0 Å². The van der Waals surface area contributed by atoms with Gasteiger partial charge in [-0.15, -0.1) is 0 Å². The van der Waals surface area contributed by atoms with Gasteiger partial charge in [-0.1, -0.05) is 25.0 Å². The minimum Gasteiger partial charge on any atom is -0.508 e. The Bertz CT molecular complexity index is 790. The van der Waals surface area contributed by atoms with Gasteiger partial charge in [0.05, 0.1) is 0 Å². The Balaban J connectivity index is 1.45. The number of nitrogens with zero attached hydrogens (tertiary/aromatic N) is 2. The average Bonchev–Trinajstić information content (AvgIpc) is 2.69. The van der Waals surface area contributed by atoms with E-state index in [-0.39, 0.29) is 0 Å². The van der Waals surface area contributed by atoms with Crippen molar-refractivity contribution in [1.29, 1.82) is 0 Å². The molecule has 1 N–H and O–H groups in total. The lowest BCUT2D eigenvalue weighted by Crippen LogP contribution is -2.61. The van der Waals surface area contributed by atoms with E-state index in [4.69, 9.17) is 0 Å². The van der Waals surface area contributed by atoms with E-state index in [2.05, 4.69) is 34.1 Å². The number of aromatic nitrogens is 1. The fourth-order valence-electron chi connectivity index (χ4n) is 6.15. The fourth-order valence-corrected chi connectivity index (χ4v) is 6.15. The Kier molecular flexibility index (Phi) is 4.00. The molecule has 0 amide bonds. The topological polar surface area (TPSA) is 36.4 Å². The Labute approximate surface area is 156 Å². The second kappa shape index (κ2) is 6.38. The number of phenols is 1. The summed E-state index contributed by atoms with van der Waals surface area (Å²) in [6.45, 7) is 2.30. The first kappa shape index (κ1) is 16.3. The molecule has 2 bridgehead atoms. The van der Waals surface area contributed by atoms with Gasteiger partial charge in [-0.2, -0.15) is 0 Å². The van der Waals surface area contributed by atoms with E-state index in [1.165, 1.54) is 55.5 Å². The highest BCUT2D eigenvalue weighted by molar-refractivity contribution is 5.45. The maximum Gasteiger partial charge on any atom is 0.115 e. The second-order valence-electron chi connectivity index (χ2n) is 8.48. The smallest absolute Gasteiger partial charge is 0.115 e. The van der Waals surface area contributed by atoms with Crippen LogP contribution in [0.4, 0.5) is 0 Å². The van der Waals surface area contributed by atoms with Crippen LogP contribution in [0.2, 0.25) is 0 Å². The molecule has 2 heterocycles. The number of pyridine rings is 1. The number of benzene rings is 1. The van der Waals surface area contributed by atoms with Crippen LogP contribution in [0, 0.1) is 5.92 Å². The maximum absolute atomic E-state index is 10.1. The lowest BCUT2D eigenvalue weighted by Gasteiger charge is -2.59. The summed E-state index contributed by atoms with van der Waals surface area (Å²) in [4.78, 5) is 7.26. The van der Waals surface area contributed by atoms with Gasteiger partial charge >= 0.3 is 0 Å². The molecule has 0 unspecified atom stereocenters. The summed E-state index contributed by atoms with van der Waals surface area (Å²) < 4.78 is 0. The number of fused-ring (bicyclic) bond motifs is 1. The van der Waals surface area contributed by atoms with Crippen molar-refractivity contribution in [2.45, 2.75) is 56.4 Å². The highest BCUT2D eigenvalue weighted by atomic mass is 16.3. The van der Waals surface area contributed by atoms with Crippen LogP contribution in [0.25, 0.3) is 0 Å². The van der Waals surface area contributed by atoms with Crippen molar-refractivity contribution in [2.75, 3.05) is 13.1 Å². The average molecular weight is 348 g/mol. The van der Waals surface area contributed by atoms with Crippen LogP contribution in [0.15, 0.2) is 42.6 Å². The number of piperidine rings is 1. The highest BCUT2D eigenvalue weighted by Gasteiger charge is 2.53. The number of rotatable bonds is 3. The van der Waals surface area contributed by atoms with Crippen molar-refractivity contribution in [3.05, 3.63) is 59.4 Å². The van der Waals surface area contributed by atoms with Crippen LogP contribution in [0.3, 0.4) is 0 Å². The molecule has 1 aliphatic heterocycles. The van der Waals surface area contributed by atoms with Gasteiger partial charge in [0, 0.05) is 36.3 Å². The lowest BCUT2D eigenvalue weighted by molar-refractivity contribution is -0.0107. The van der Waals surface area contributed by atoms with Crippen LogP contribution in [-0.4, -0.2) is 34.1 Å². The molecule has 0 spiro atoms. The Morgan fingerprint density at radius 1 is 1.15 bits per heavy atom. The zero-order valence-electron chi connectivity index (χ0n) is 15.4. The standard InChI is InChI=1S/C23H28N2O/c26-19-8-7-17-15-22-20-6-1-3-10-23(20,21(17)16-19)11-14-25(22)13-9-18-5-2-4-12-24-18/h2,4-5,7-8,12,16,20,22,26H,1,3,6,9-11,13-15H2/t20-,22-,23-/m0/s1. The number of phenolic OH excluding ortho intramolecular Hbond substituents is 1. The number of hydrogen-bond donors (Lipinski definition) is 1. The van der Waals surface area contributed by atoms with Crippen LogP contribution < -0.4 is 0 Å². The minimum atomic E-state index is 0.316. The molecule has 1 aromatic heterocycles. The molecule has 3 nitrogen and oxygen atoms in total. The Morgan fingerprint density at radius 2 is 2.12 bits per heavy atom. The molecule has 136 valence electrons. The first-order chi connectivity index (χ1) is 12.8. The summed E-state index contributed by atoms with van der Waals surface area (Å²) in [6, 6.07) is 13.0. The normalized spacial score (nSPS) is 30.5. The predicted octanol–water partition coefficient (Wildman–Crippen LogP) is 4.09. The molecule has 1 aromatic carbocycles. The summed E-state index contributed by atoms with van der Waals surface area (Å²) >= 11 is 0. The third-order valence-corrected chi connectivity index (χ3v) is 7.32. The number of aromatic hydroxyl groups is 1. The Morgan fingerprint density at radius 3 is 3.00 bits per heavy atom. The predicted molar refractivity (Wildman–Crippen MR) is 103 cm³/mol. The summed E-state index contributed by atoms with van der Waals surface area (Å²) in [5.74, 6) is 1.20. The Hall–Kier alpha value is -1.87. The van der Waals surface area contributed by atoms with Crippen molar-refractivity contribution in [2.24, 2.45) is 5.92 Å². The molecule has 3 heteroatoms. The zero-order chi connectivity index (χ0) is 17.6. The molecule has 2 fully saturated rings. The molecule has 5 rings (SSSR count). The van der Waals surface area contributed by atoms with Gasteiger partial charge in [0.15, 0.2) is 0 Å². The van der Waals surface area contributed by atoms with E-state index in [9.17, 15) is 5.11 Å². The molecular formula is C23H28N2O. The highest BCUT2D eigenvalue weighted by Crippen LogP contribution is 2.56. The van der Waals surface area contributed by atoms with Gasteiger partial charge in [0.1, 0.15) is 5.75 Å². The monoisotopic (exact) mass is 348 g/mol. The lowest BCUT2D eigenvalue weighted by atomic mass is 9.52. The number of hydrogen-bond acceptors (Lipinski definition) is 3. The van der Waals surface area contributed by atoms with E-state index in [0.29, 0.717) is 17.2 Å². The number of likely N-dealkylation sites (tertiary alicyclic amines) is 1. The van der Waals surface area contributed by atoms with Gasteiger partial charge in [0.25, 0.3) is 0 Å². The van der Waals surface area contributed by atoms with Crippen LogP contribution in [-0.2, 0) is 18.3 Å². The quantitative estimate of drug-likeness (QED) is 0.908. The third kappa shape index (κ3) is 2.56. The van der Waals surface area contributed by atoms with Crippen molar-refractivity contribution < 1.29 is 5.11 Å². The maximum atomic E-state index is 10.1. The van der Waals surface area contributed by atoms with Gasteiger partial charge in [-0.3, -0.25) is 9.88 Å². The van der Waals surface area contributed by atoms with Crippen LogP contribution >= 0.6 is 0 Å². The van der Waals surface area contributed by atoms with Gasteiger partial charge in [-0.05, 0) is 73.5 Å². The zero-order valence-corrected chi connectivity index (χ0v) is 15.4. The van der Waals surface area contributed by atoms with Crippen molar-refractivity contribution in [3.8, 4) is 5.75 Å². The second-order valence-corrected chi connectivity index (χ2v) is 8.48. The van der Waals surface area contributed by atoms with E-state index in [0.717, 1.165) is 25.3 Å². The first-order valence-corrected chi connectivity index (χ1v) is 10.2. The fraction of sp³-hybridized carbons (Fsp3) is 0.522. The van der Waals surface area contributed by atoms with Crippen molar-refractivity contribution in [3.63, 3.8) is 0 Å². The molecule has 0 radical (unpaired) electrons.